The van der Waals surface area contributed by atoms with Crippen LogP contribution in [0.15, 0.2) is 78.9 Å². The van der Waals surface area contributed by atoms with E-state index in [0.29, 0.717) is 22.6 Å². The van der Waals surface area contributed by atoms with E-state index in [0.717, 1.165) is 6.42 Å². The van der Waals surface area contributed by atoms with E-state index in [4.69, 9.17) is 4.74 Å². The van der Waals surface area contributed by atoms with Crippen LogP contribution < -0.4 is 20.9 Å². The van der Waals surface area contributed by atoms with Gasteiger partial charge in [-0.15, -0.1) is 0 Å². The number of rotatable bonds is 7. The van der Waals surface area contributed by atoms with Crippen LogP contribution in [0.4, 0.5) is 5.69 Å². The zero-order valence-corrected chi connectivity index (χ0v) is 17.1. The Hall–Kier alpha value is -4.13. The second-order valence-electron chi connectivity index (χ2n) is 6.69. The number of carbonyl (C=O) groups is 3. The Balaban J connectivity index is 1.44. The van der Waals surface area contributed by atoms with Gasteiger partial charge in [0.05, 0.1) is 0 Å². The molecule has 0 aliphatic carbocycles. The molecule has 158 valence electrons. The van der Waals surface area contributed by atoms with E-state index in [1.54, 1.807) is 60.7 Å². The molecule has 0 saturated heterocycles. The third-order valence-corrected chi connectivity index (χ3v) is 4.46. The summed E-state index contributed by atoms with van der Waals surface area (Å²) in [5, 5.41) is 2.76. The number of ether oxygens (including phenoxy) is 1. The Labute approximate surface area is 180 Å². The number of nitrogens with one attached hydrogen (secondary N) is 3. The number of carbonyl (C=O) groups excluding carboxylic acids is 3. The predicted molar refractivity (Wildman–Crippen MR) is 118 cm³/mol. The molecule has 0 saturated carbocycles. The summed E-state index contributed by atoms with van der Waals surface area (Å²) in [5.74, 6) is -0.637. The van der Waals surface area contributed by atoms with E-state index in [9.17, 15) is 14.4 Å². The molecule has 0 atom stereocenters. The third kappa shape index (κ3) is 6.43. The minimum Gasteiger partial charge on any atom is -0.484 e. The molecular weight excluding hydrogens is 394 g/mol. The summed E-state index contributed by atoms with van der Waals surface area (Å²) >= 11 is 0. The molecule has 0 aliphatic rings. The highest BCUT2D eigenvalue weighted by Crippen LogP contribution is 2.13. The summed E-state index contributed by atoms with van der Waals surface area (Å²) < 4.78 is 5.39. The number of hydrogen-bond acceptors (Lipinski definition) is 4. The van der Waals surface area contributed by atoms with Crippen molar-refractivity contribution in [3.8, 4) is 5.75 Å². The lowest BCUT2D eigenvalue weighted by Crippen LogP contribution is -2.43. The molecule has 0 spiro atoms. The third-order valence-electron chi connectivity index (χ3n) is 4.46. The van der Waals surface area contributed by atoms with E-state index in [1.807, 2.05) is 18.2 Å². The van der Waals surface area contributed by atoms with Gasteiger partial charge in [-0.1, -0.05) is 37.3 Å². The number of anilines is 1. The molecule has 3 aromatic rings. The minimum atomic E-state index is -0.486. The van der Waals surface area contributed by atoms with Gasteiger partial charge in [0.2, 0.25) is 0 Å². The summed E-state index contributed by atoms with van der Waals surface area (Å²) in [7, 11) is 0. The van der Waals surface area contributed by atoms with Gasteiger partial charge in [-0.05, 0) is 60.5 Å². The van der Waals surface area contributed by atoms with Crippen LogP contribution in [0.5, 0.6) is 5.75 Å². The van der Waals surface area contributed by atoms with Crippen LogP contribution in [0.1, 0.15) is 33.2 Å². The lowest BCUT2D eigenvalue weighted by Gasteiger charge is -2.10. The molecule has 0 aromatic heterocycles. The molecule has 0 aliphatic heterocycles. The molecule has 3 rings (SSSR count). The molecule has 0 unspecified atom stereocenters. The second kappa shape index (κ2) is 10.6. The summed E-state index contributed by atoms with van der Waals surface area (Å²) in [4.78, 5) is 36.2. The van der Waals surface area contributed by atoms with Crippen LogP contribution in [0.3, 0.4) is 0 Å². The monoisotopic (exact) mass is 417 g/mol. The molecule has 3 aromatic carbocycles. The maximum Gasteiger partial charge on any atom is 0.276 e. The predicted octanol–water partition coefficient (Wildman–Crippen LogP) is 3.34. The molecule has 7 heteroatoms. The van der Waals surface area contributed by atoms with E-state index in [1.165, 1.54) is 5.56 Å². The number of hydrazine groups is 1. The number of aryl methyl sites for hydroxylation is 1. The highest BCUT2D eigenvalue weighted by molar-refractivity contribution is 6.04. The number of hydrogen-bond donors (Lipinski definition) is 3. The molecule has 0 fully saturated rings. The van der Waals surface area contributed by atoms with Crippen LogP contribution in [-0.4, -0.2) is 24.3 Å². The molecule has 7 nitrogen and oxygen atoms in total. The average Bonchev–Trinajstić information content (AvgIpc) is 2.82. The van der Waals surface area contributed by atoms with Gasteiger partial charge in [0.1, 0.15) is 5.75 Å². The summed E-state index contributed by atoms with van der Waals surface area (Å²) in [6, 6.07) is 22.6. The second-order valence-corrected chi connectivity index (χ2v) is 6.69. The first-order valence-corrected chi connectivity index (χ1v) is 9.82. The van der Waals surface area contributed by atoms with Crippen molar-refractivity contribution in [2.24, 2.45) is 0 Å². The smallest absolute Gasteiger partial charge is 0.276 e. The molecule has 0 radical (unpaired) electrons. The van der Waals surface area contributed by atoms with Crippen LogP contribution in [0.2, 0.25) is 0 Å². The van der Waals surface area contributed by atoms with E-state index in [-0.39, 0.29) is 12.5 Å². The van der Waals surface area contributed by atoms with Crippen molar-refractivity contribution in [1.82, 2.24) is 10.9 Å². The SMILES string of the molecule is CCc1ccc(OCC(=O)NNC(=O)c2ccc(NC(=O)c3ccccc3)cc2)cc1. The highest BCUT2D eigenvalue weighted by Gasteiger charge is 2.09. The summed E-state index contributed by atoms with van der Waals surface area (Å²) in [5.41, 5.74) is 7.24. The minimum absolute atomic E-state index is 0.226. The maximum absolute atomic E-state index is 12.2. The van der Waals surface area contributed by atoms with E-state index < -0.39 is 11.8 Å². The molecule has 0 bridgehead atoms. The Bertz CT molecular complexity index is 1030. The van der Waals surface area contributed by atoms with Gasteiger partial charge in [-0.3, -0.25) is 25.2 Å². The highest BCUT2D eigenvalue weighted by atomic mass is 16.5. The Morgan fingerprint density at radius 3 is 2.03 bits per heavy atom. The van der Waals surface area contributed by atoms with Crippen molar-refractivity contribution in [2.75, 3.05) is 11.9 Å². The zero-order valence-electron chi connectivity index (χ0n) is 17.1. The standard InChI is InChI=1S/C24H23N3O4/c1-2-17-8-14-21(15-9-17)31-16-22(28)26-27-24(30)19-10-12-20(13-11-19)25-23(29)18-6-4-3-5-7-18/h3-15H,2,16H2,1H3,(H,25,29)(H,26,28)(H,27,30). The van der Waals surface area contributed by atoms with Gasteiger partial charge >= 0.3 is 0 Å². The largest absolute Gasteiger partial charge is 0.484 e. The topological polar surface area (TPSA) is 96.5 Å². The number of benzene rings is 3. The van der Waals surface area contributed by atoms with Crippen molar-refractivity contribution in [3.05, 3.63) is 95.6 Å². The van der Waals surface area contributed by atoms with Crippen molar-refractivity contribution < 1.29 is 19.1 Å². The molecule has 3 amide bonds. The molecule has 0 heterocycles. The van der Waals surface area contributed by atoms with Gasteiger partial charge in [0, 0.05) is 16.8 Å². The molecule has 31 heavy (non-hydrogen) atoms. The lowest BCUT2D eigenvalue weighted by atomic mass is 10.1. The van der Waals surface area contributed by atoms with Crippen molar-refractivity contribution in [2.45, 2.75) is 13.3 Å². The molecular formula is C24H23N3O4. The zero-order chi connectivity index (χ0) is 22.1. The van der Waals surface area contributed by atoms with E-state index in [2.05, 4.69) is 23.1 Å². The van der Waals surface area contributed by atoms with Gasteiger partial charge < -0.3 is 10.1 Å². The lowest BCUT2D eigenvalue weighted by molar-refractivity contribution is -0.123. The normalized spacial score (nSPS) is 10.1. The van der Waals surface area contributed by atoms with Crippen LogP contribution in [-0.2, 0) is 11.2 Å². The quantitative estimate of drug-likeness (QED) is 0.514. The van der Waals surface area contributed by atoms with Gasteiger partial charge in [0.15, 0.2) is 6.61 Å². The summed E-state index contributed by atoms with van der Waals surface area (Å²) in [6.07, 6.45) is 0.924. The number of amides is 3. The van der Waals surface area contributed by atoms with Gasteiger partial charge in [-0.2, -0.15) is 0 Å². The van der Waals surface area contributed by atoms with Crippen molar-refractivity contribution in [3.63, 3.8) is 0 Å². The molecule has 3 N–H and O–H groups in total. The van der Waals surface area contributed by atoms with Gasteiger partial charge in [-0.25, -0.2) is 0 Å². The average molecular weight is 417 g/mol. The Kier molecular flexibility index (Phi) is 7.37. The fourth-order valence-electron chi connectivity index (χ4n) is 2.70. The van der Waals surface area contributed by atoms with Crippen molar-refractivity contribution in [1.29, 1.82) is 0 Å². The first-order valence-electron chi connectivity index (χ1n) is 9.82. The first kappa shape index (κ1) is 21.6. The summed E-state index contributed by atoms with van der Waals surface area (Å²) in [6.45, 7) is 1.83. The van der Waals surface area contributed by atoms with Crippen LogP contribution in [0.25, 0.3) is 0 Å². The van der Waals surface area contributed by atoms with Crippen molar-refractivity contribution >= 4 is 23.4 Å². The maximum atomic E-state index is 12.2. The van der Waals surface area contributed by atoms with Crippen LogP contribution in [0, 0.1) is 0 Å². The van der Waals surface area contributed by atoms with E-state index >= 15 is 0 Å². The van der Waals surface area contributed by atoms with Gasteiger partial charge in [0.25, 0.3) is 17.7 Å². The fourth-order valence-corrected chi connectivity index (χ4v) is 2.70. The Morgan fingerprint density at radius 1 is 0.742 bits per heavy atom. The fraction of sp³-hybridized carbons (Fsp3) is 0.125. The first-order chi connectivity index (χ1) is 15.0. The Morgan fingerprint density at radius 2 is 1.39 bits per heavy atom. The van der Waals surface area contributed by atoms with Crippen LogP contribution >= 0.6 is 0 Å².